The molecule has 0 bridgehead atoms. The summed E-state index contributed by atoms with van der Waals surface area (Å²) in [5.74, 6) is -0.0918. The first-order valence-corrected chi connectivity index (χ1v) is 14.4. The van der Waals surface area contributed by atoms with Crippen molar-refractivity contribution in [3.63, 3.8) is 0 Å². The molecule has 5 rings (SSSR count). The van der Waals surface area contributed by atoms with E-state index in [2.05, 4.69) is 36.3 Å². The molecule has 0 saturated carbocycles. The van der Waals surface area contributed by atoms with Crippen LogP contribution in [-0.2, 0) is 28.7 Å². The number of halogens is 5. The van der Waals surface area contributed by atoms with Crippen molar-refractivity contribution in [3.8, 4) is 11.3 Å². The van der Waals surface area contributed by atoms with Gasteiger partial charge in [0.2, 0.25) is 5.91 Å². The third-order valence-corrected chi connectivity index (χ3v) is 7.21. The number of hydrogen-bond acceptors (Lipinski definition) is 8. The highest BCUT2D eigenvalue weighted by Gasteiger charge is 2.38. The lowest BCUT2D eigenvalue weighted by atomic mass is 10.0. The topological polar surface area (TPSA) is 168 Å². The highest BCUT2D eigenvalue weighted by Crippen LogP contribution is 2.37. The van der Waals surface area contributed by atoms with Gasteiger partial charge in [0.05, 0.1) is 24.0 Å². The second kappa shape index (κ2) is 15.4. The predicted molar refractivity (Wildman–Crippen MR) is 159 cm³/mol. The maximum Gasteiger partial charge on any atom is 0.435 e. The molecule has 13 nitrogen and oxygen atoms in total. The number of carbonyl (C=O) groups is 3. The number of amides is 2. The van der Waals surface area contributed by atoms with Crippen LogP contribution in [0.4, 0.5) is 33.5 Å². The van der Waals surface area contributed by atoms with E-state index in [0.29, 0.717) is 40.4 Å². The fourth-order valence-electron chi connectivity index (χ4n) is 5.05. The van der Waals surface area contributed by atoms with Gasteiger partial charge in [-0.15, -0.1) is 0 Å². The first kappa shape index (κ1) is 34.7. The van der Waals surface area contributed by atoms with Gasteiger partial charge in [-0.2, -0.15) is 18.3 Å². The summed E-state index contributed by atoms with van der Waals surface area (Å²) in [5.41, 5.74) is 0.0574. The molecule has 47 heavy (non-hydrogen) atoms. The number of benzene rings is 1. The van der Waals surface area contributed by atoms with Crippen LogP contribution in [0.25, 0.3) is 16.9 Å². The third-order valence-electron chi connectivity index (χ3n) is 7.21. The summed E-state index contributed by atoms with van der Waals surface area (Å²) in [4.78, 5) is 41.9. The molecule has 3 aromatic heterocycles. The van der Waals surface area contributed by atoms with Crippen molar-refractivity contribution >= 4 is 35.4 Å². The number of carbonyl (C=O) groups excluding carboxylic acids is 2. The van der Waals surface area contributed by atoms with Crippen LogP contribution >= 0.6 is 0 Å². The standard InChI is InChI=1S/C28H30F5N9O2.CH2O2/c1-2-17-9-18(3-4-19(17)27(44)38-13-23(43)36-11-16-5-6-34-10-16)39-25-26-37-12-21(42(26)8-7-35-25)20-14-41(15-22(29)30)40-24(20)28(31,32)33;2-1-3/h3-4,7-9,12,14,16,22,34H,2,5-6,10-11,13,15H2,1H3,(H,35,39)(H,36,43)(H,38,44);1H,(H,2,3). The van der Waals surface area contributed by atoms with Crippen LogP contribution in [0.3, 0.4) is 0 Å². The van der Waals surface area contributed by atoms with Crippen LogP contribution in [0.1, 0.15) is 35.0 Å². The number of alkyl halides is 5. The molecule has 1 aromatic carbocycles. The maximum atomic E-state index is 13.7. The summed E-state index contributed by atoms with van der Waals surface area (Å²) in [6.07, 6.45) is -1.43. The van der Waals surface area contributed by atoms with Crippen molar-refractivity contribution in [3.05, 3.63) is 59.8 Å². The van der Waals surface area contributed by atoms with Crippen LogP contribution in [0.2, 0.25) is 0 Å². The number of aryl methyl sites for hydroxylation is 1. The Kier molecular flexibility index (Phi) is 11.4. The van der Waals surface area contributed by atoms with E-state index >= 15 is 0 Å². The van der Waals surface area contributed by atoms with Crippen molar-refractivity contribution in [2.24, 2.45) is 5.92 Å². The number of aromatic nitrogens is 5. The number of hydrogen-bond donors (Lipinski definition) is 5. The molecule has 18 heteroatoms. The molecule has 0 aliphatic carbocycles. The van der Waals surface area contributed by atoms with Gasteiger partial charge in [-0.25, -0.2) is 18.7 Å². The van der Waals surface area contributed by atoms with E-state index in [1.165, 1.54) is 23.0 Å². The highest BCUT2D eigenvalue weighted by molar-refractivity contribution is 5.98. The molecular weight excluding hydrogens is 633 g/mol. The van der Waals surface area contributed by atoms with Crippen molar-refractivity contribution in [2.75, 3.05) is 31.5 Å². The summed E-state index contributed by atoms with van der Waals surface area (Å²) in [6.45, 7) is 2.79. The zero-order chi connectivity index (χ0) is 34.1. The summed E-state index contributed by atoms with van der Waals surface area (Å²) < 4.78 is 68.8. The quantitative estimate of drug-likeness (QED) is 0.119. The van der Waals surface area contributed by atoms with Crippen LogP contribution in [0.15, 0.2) is 43.0 Å². The number of imidazole rings is 1. The van der Waals surface area contributed by atoms with Gasteiger partial charge < -0.3 is 26.4 Å². The Balaban J connectivity index is 0.00000160. The van der Waals surface area contributed by atoms with E-state index in [4.69, 9.17) is 9.90 Å². The minimum absolute atomic E-state index is 0.0106. The van der Waals surface area contributed by atoms with Gasteiger partial charge in [0.25, 0.3) is 18.8 Å². The van der Waals surface area contributed by atoms with Gasteiger partial charge in [0, 0.05) is 36.4 Å². The Morgan fingerprint density at radius 2 is 1.98 bits per heavy atom. The van der Waals surface area contributed by atoms with Gasteiger partial charge in [0.1, 0.15) is 6.54 Å². The molecule has 1 aliphatic rings. The van der Waals surface area contributed by atoms with E-state index in [0.717, 1.165) is 25.7 Å². The van der Waals surface area contributed by atoms with E-state index in [1.807, 2.05) is 6.92 Å². The van der Waals surface area contributed by atoms with Crippen molar-refractivity contribution in [1.82, 2.24) is 40.1 Å². The summed E-state index contributed by atoms with van der Waals surface area (Å²) in [6, 6.07) is 4.96. The van der Waals surface area contributed by atoms with E-state index < -0.39 is 36.3 Å². The van der Waals surface area contributed by atoms with Crippen LogP contribution in [-0.4, -0.2) is 80.1 Å². The second-order valence-electron chi connectivity index (χ2n) is 10.4. The SMILES string of the molecule is CCc1cc(Nc2nccn3c(-c4cn(CC(F)F)nc4C(F)(F)F)cnc23)ccc1C(=O)NCC(=O)NCC1CCNC1.O=CO. The van der Waals surface area contributed by atoms with Gasteiger partial charge in [-0.1, -0.05) is 6.92 Å². The van der Waals surface area contributed by atoms with Gasteiger partial charge in [0.15, 0.2) is 17.2 Å². The minimum Gasteiger partial charge on any atom is -0.483 e. The highest BCUT2D eigenvalue weighted by atomic mass is 19.4. The molecule has 5 N–H and O–H groups in total. The molecule has 4 aromatic rings. The Morgan fingerprint density at radius 3 is 2.64 bits per heavy atom. The number of carboxylic acid groups (broad SMARTS) is 1. The number of fused-ring (bicyclic) bond motifs is 1. The number of rotatable bonds is 11. The van der Waals surface area contributed by atoms with Crippen molar-refractivity contribution in [1.29, 1.82) is 0 Å². The smallest absolute Gasteiger partial charge is 0.435 e. The van der Waals surface area contributed by atoms with E-state index in [9.17, 15) is 31.5 Å². The zero-order valence-corrected chi connectivity index (χ0v) is 25.0. The lowest BCUT2D eigenvalue weighted by Crippen LogP contribution is -2.39. The molecule has 0 radical (unpaired) electrons. The molecule has 4 heterocycles. The monoisotopic (exact) mass is 665 g/mol. The lowest BCUT2D eigenvalue weighted by molar-refractivity contribution is -0.141. The van der Waals surface area contributed by atoms with E-state index in [-0.39, 0.29) is 36.1 Å². The fraction of sp³-hybridized carbons (Fsp3) is 0.379. The summed E-state index contributed by atoms with van der Waals surface area (Å²) in [7, 11) is 0. The van der Waals surface area contributed by atoms with Crippen LogP contribution in [0, 0.1) is 5.92 Å². The minimum atomic E-state index is -4.89. The lowest BCUT2D eigenvalue weighted by Gasteiger charge is -2.13. The Morgan fingerprint density at radius 1 is 1.21 bits per heavy atom. The molecule has 1 unspecified atom stereocenters. The van der Waals surface area contributed by atoms with Gasteiger partial charge in [-0.3, -0.25) is 23.5 Å². The normalized spacial score (nSPS) is 14.5. The van der Waals surface area contributed by atoms with Crippen LogP contribution in [0.5, 0.6) is 0 Å². The molecule has 1 aliphatic heterocycles. The maximum absolute atomic E-state index is 13.7. The average Bonchev–Trinajstić information content (AvgIpc) is 3.79. The molecule has 2 amide bonds. The van der Waals surface area contributed by atoms with E-state index in [1.54, 1.807) is 18.2 Å². The van der Waals surface area contributed by atoms with Crippen LogP contribution < -0.4 is 21.3 Å². The number of nitrogens with one attached hydrogen (secondary N) is 4. The summed E-state index contributed by atoms with van der Waals surface area (Å²) in [5, 5.41) is 22.0. The molecule has 1 fully saturated rings. The summed E-state index contributed by atoms with van der Waals surface area (Å²) >= 11 is 0. The third kappa shape index (κ3) is 8.78. The molecular formula is C29H32F5N9O4. The average molecular weight is 666 g/mol. The first-order chi connectivity index (χ1) is 22.4. The predicted octanol–water partition coefficient (Wildman–Crippen LogP) is 3.34. The first-order valence-electron chi connectivity index (χ1n) is 14.4. The largest absolute Gasteiger partial charge is 0.483 e. The van der Waals surface area contributed by atoms with Crippen molar-refractivity contribution < 1.29 is 41.4 Å². The van der Waals surface area contributed by atoms with Crippen molar-refractivity contribution in [2.45, 2.75) is 38.9 Å². The fourth-order valence-corrected chi connectivity index (χ4v) is 5.05. The Bertz CT molecular complexity index is 1700. The Labute approximate surface area is 264 Å². The van der Waals surface area contributed by atoms with Gasteiger partial charge in [-0.05, 0) is 55.6 Å². The zero-order valence-electron chi connectivity index (χ0n) is 25.0. The molecule has 1 saturated heterocycles. The number of nitrogens with zero attached hydrogens (tertiary/aromatic N) is 5. The molecule has 252 valence electrons. The Hall–Kier alpha value is -5.13. The number of anilines is 2. The molecule has 0 spiro atoms. The van der Waals surface area contributed by atoms with Gasteiger partial charge >= 0.3 is 6.18 Å². The second-order valence-corrected chi connectivity index (χ2v) is 10.4. The molecule has 1 atom stereocenters.